The highest BCUT2D eigenvalue weighted by Crippen LogP contribution is 1.96. The second-order valence-electron chi connectivity index (χ2n) is 1.99. The number of allylic oxidation sites excluding steroid dienone is 6. The minimum absolute atomic E-state index is 1.07. The third kappa shape index (κ3) is 2.91. The van der Waals surface area contributed by atoms with Crippen molar-refractivity contribution in [2.45, 2.75) is 12.8 Å². The van der Waals surface area contributed by atoms with Gasteiger partial charge in [-0.1, -0.05) is 36.5 Å². The molecule has 0 aromatic carbocycles. The Kier molecular flexibility index (Phi) is 2.91. The van der Waals surface area contributed by atoms with Crippen molar-refractivity contribution >= 4 is 0 Å². The van der Waals surface area contributed by atoms with Crippen LogP contribution in [-0.4, -0.2) is 0 Å². The minimum Gasteiger partial charge on any atom is -0.0844 e. The Morgan fingerprint density at radius 2 is 1.22 bits per heavy atom. The maximum Gasteiger partial charge on any atom is 0.00443 e. The highest BCUT2D eigenvalue weighted by Gasteiger charge is 1.76. The van der Waals surface area contributed by atoms with Gasteiger partial charge in [0.15, 0.2) is 0 Å². The van der Waals surface area contributed by atoms with Gasteiger partial charge < -0.3 is 0 Å². The van der Waals surface area contributed by atoms with E-state index in [-0.39, 0.29) is 0 Å². The van der Waals surface area contributed by atoms with Crippen LogP contribution in [0.5, 0.6) is 0 Å². The zero-order valence-electron chi connectivity index (χ0n) is 5.46. The van der Waals surface area contributed by atoms with E-state index in [1.54, 1.807) is 0 Å². The molecule has 47 valence electrons. The maximum atomic E-state index is 2.18. The molecule has 1 aliphatic carbocycles. The average molecular weight is 119 g/mol. The summed E-state index contributed by atoms with van der Waals surface area (Å²) in [6.07, 6.45) is 17.0. The van der Waals surface area contributed by atoms with Gasteiger partial charge in [-0.05, 0) is 12.8 Å². The van der Waals surface area contributed by atoms with E-state index in [1.807, 2.05) is 0 Å². The van der Waals surface area contributed by atoms with Crippen molar-refractivity contribution in [3.05, 3.63) is 42.9 Å². The monoisotopic (exact) mass is 119 g/mol. The van der Waals surface area contributed by atoms with Crippen LogP contribution in [0.25, 0.3) is 0 Å². The summed E-state index contributed by atoms with van der Waals surface area (Å²) < 4.78 is 0. The molecule has 1 rings (SSSR count). The lowest BCUT2D eigenvalue weighted by molar-refractivity contribution is 1.32. The molecule has 0 aliphatic heterocycles. The number of rotatable bonds is 0. The summed E-state index contributed by atoms with van der Waals surface area (Å²) >= 11 is 0. The van der Waals surface area contributed by atoms with Gasteiger partial charge in [-0.2, -0.15) is 0 Å². The van der Waals surface area contributed by atoms with E-state index in [0.29, 0.717) is 0 Å². The SMILES string of the molecule is [CH]1/C=C\C/C=C\C/C=C/1. The fraction of sp³-hybridized carbons (Fsp3) is 0.222. The predicted molar refractivity (Wildman–Crippen MR) is 41.0 cm³/mol. The van der Waals surface area contributed by atoms with Gasteiger partial charge in [0.25, 0.3) is 0 Å². The van der Waals surface area contributed by atoms with E-state index in [0.717, 1.165) is 12.8 Å². The molecule has 1 radical (unpaired) electrons. The summed E-state index contributed by atoms with van der Waals surface area (Å²) in [5.41, 5.74) is 0. The third-order valence-corrected chi connectivity index (χ3v) is 1.21. The molecule has 0 saturated heterocycles. The van der Waals surface area contributed by atoms with Gasteiger partial charge in [0.2, 0.25) is 0 Å². The van der Waals surface area contributed by atoms with Crippen LogP contribution in [0.1, 0.15) is 12.8 Å². The summed E-state index contributed by atoms with van der Waals surface area (Å²) in [6.45, 7) is 0. The van der Waals surface area contributed by atoms with Crippen LogP contribution in [0.2, 0.25) is 0 Å². The fourth-order valence-electron chi connectivity index (χ4n) is 0.728. The largest absolute Gasteiger partial charge is 0.0844 e. The molecule has 0 nitrogen and oxygen atoms in total. The lowest BCUT2D eigenvalue weighted by atomic mass is 10.3. The Hall–Kier alpha value is -0.780. The molecule has 0 atom stereocenters. The van der Waals surface area contributed by atoms with Gasteiger partial charge in [0.1, 0.15) is 0 Å². The molecule has 9 heavy (non-hydrogen) atoms. The zero-order chi connectivity index (χ0) is 6.36. The topological polar surface area (TPSA) is 0 Å². The van der Waals surface area contributed by atoms with Crippen LogP contribution in [0.3, 0.4) is 0 Å². The van der Waals surface area contributed by atoms with Gasteiger partial charge >= 0.3 is 0 Å². The summed E-state index contributed by atoms with van der Waals surface area (Å²) in [5, 5.41) is 0. The van der Waals surface area contributed by atoms with Crippen molar-refractivity contribution in [2.24, 2.45) is 0 Å². The number of hydrogen-bond donors (Lipinski definition) is 0. The smallest absolute Gasteiger partial charge is 0.00443 e. The number of hydrogen-bond acceptors (Lipinski definition) is 0. The summed E-state index contributed by atoms with van der Waals surface area (Å²) in [5.74, 6) is 0. The minimum atomic E-state index is 1.07. The van der Waals surface area contributed by atoms with Crippen LogP contribution in [-0.2, 0) is 0 Å². The standard InChI is InChI=1S/C9H11/c1-2-4-6-8-9-7-5-3-1/h1-5,8-9H,6-7H2/b4-2-,5-3+,9-8-. The Bertz CT molecular complexity index is 97.6. The van der Waals surface area contributed by atoms with Crippen LogP contribution in [0.4, 0.5) is 0 Å². The Balaban J connectivity index is 2.43. The molecular weight excluding hydrogens is 108 g/mol. The highest BCUT2D eigenvalue weighted by molar-refractivity contribution is 5.12. The van der Waals surface area contributed by atoms with Crippen molar-refractivity contribution in [1.29, 1.82) is 0 Å². The fourth-order valence-corrected chi connectivity index (χ4v) is 0.728. The Labute approximate surface area is 56.6 Å². The first-order valence-electron chi connectivity index (χ1n) is 3.30. The molecule has 0 aromatic rings. The molecule has 0 fully saturated rings. The van der Waals surface area contributed by atoms with E-state index >= 15 is 0 Å². The predicted octanol–water partition coefficient (Wildman–Crippen LogP) is 2.65. The first-order chi connectivity index (χ1) is 4.50. The van der Waals surface area contributed by atoms with Gasteiger partial charge in [0, 0.05) is 6.42 Å². The molecule has 0 heterocycles. The van der Waals surface area contributed by atoms with Crippen LogP contribution in [0, 0.1) is 6.42 Å². The lowest BCUT2D eigenvalue weighted by Gasteiger charge is -1.76. The van der Waals surface area contributed by atoms with Gasteiger partial charge in [0.05, 0.1) is 0 Å². The summed E-state index contributed by atoms with van der Waals surface area (Å²) in [4.78, 5) is 0. The summed E-state index contributed by atoms with van der Waals surface area (Å²) in [7, 11) is 0. The van der Waals surface area contributed by atoms with Crippen molar-refractivity contribution in [3.8, 4) is 0 Å². The van der Waals surface area contributed by atoms with Crippen LogP contribution < -0.4 is 0 Å². The molecule has 0 bridgehead atoms. The van der Waals surface area contributed by atoms with Crippen LogP contribution in [0.15, 0.2) is 36.5 Å². The zero-order valence-corrected chi connectivity index (χ0v) is 5.46. The van der Waals surface area contributed by atoms with E-state index in [9.17, 15) is 0 Å². The van der Waals surface area contributed by atoms with Crippen molar-refractivity contribution in [2.75, 3.05) is 0 Å². The maximum absolute atomic E-state index is 2.18. The molecule has 1 aliphatic rings. The van der Waals surface area contributed by atoms with Crippen LogP contribution >= 0.6 is 0 Å². The highest BCUT2D eigenvalue weighted by atomic mass is 13.8. The molecule has 0 amide bonds. The second-order valence-corrected chi connectivity index (χ2v) is 1.99. The van der Waals surface area contributed by atoms with Gasteiger partial charge in [-0.3, -0.25) is 0 Å². The van der Waals surface area contributed by atoms with E-state index < -0.39 is 0 Å². The summed E-state index contributed by atoms with van der Waals surface area (Å²) in [6, 6.07) is 0. The first kappa shape index (κ1) is 6.34. The van der Waals surface area contributed by atoms with E-state index in [1.165, 1.54) is 0 Å². The van der Waals surface area contributed by atoms with E-state index in [2.05, 4.69) is 42.9 Å². The van der Waals surface area contributed by atoms with Crippen molar-refractivity contribution in [1.82, 2.24) is 0 Å². The van der Waals surface area contributed by atoms with Crippen molar-refractivity contribution in [3.63, 3.8) is 0 Å². The molecular formula is C9H11. The Morgan fingerprint density at radius 1 is 0.667 bits per heavy atom. The van der Waals surface area contributed by atoms with E-state index in [4.69, 9.17) is 0 Å². The first-order valence-corrected chi connectivity index (χ1v) is 3.30. The molecule has 0 unspecified atom stereocenters. The quantitative estimate of drug-likeness (QED) is 0.430. The average Bonchev–Trinajstić information content (AvgIpc) is 2.00. The lowest BCUT2D eigenvalue weighted by Crippen LogP contribution is -1.57. The van der Waals surface area contributed by atoms with Crippen molar-refractivity contribution < 1.29 is 0 Å². The molecule has 0 saturated carbocycles. The molecule has 0 aromatic heterocycles. The molecule has 0 heteroatoms. The molecule has 0 spiro atoms. The van der Waals surface area contributed by atoms with Gasteiger partial charge in [-0.15, -0.1) is 0 Å². The third-order valence-electron chi connectivity index (χ3n) is 1.21. The normalized spacial score (nSPS) is 29.3. The Morgan fingerprint density at radius 3 is 1.78 bits per heavy atom. The molecule has 0 N–H and O–H groups in total. The second kappa shape index (κ2) is 4.13. The van der Waals surface area contributed by atoms with Gasteiger partial charge in [-0.25, -0.2) is 0 Å².